The third kappa shape index (κ3) is 4.11. The van der Waals surface area contributed by atoms with Gasteiger partial charge in [-0.3, -0.25) is 0 Å². The molecule has 4 aromatic rings. The molecule has 0 unspecified atom stereocenters. The molecule has 7 nitrogen and oxygen atoms in total. The van der Waals surface area contributed by atoms with Crippen LogP contribution in [-0.2, 0) is 0 Å². The lowest BCUT2D eigenvalue weighted by Crippen LogP contribution is -2.01. The van der Waals surface area contributed by atoms with Gasteiger partial charge in [0.15, 0.2) is 17.5 Å². The summed E-state index contributed by atoms with van der Waals surface area (Å²) in [6.45, 7) is 0. The van der Waals surface area contributed by atoms with Gasteiger partial charge in [-0.1, -0.05) is 30.3 Å². The molecule has 156 valence electrons. The van der Waals surface area contributed by atoms with E-state index in [9.17, 15) is 5.11 Å². The highest BCUT2D eigenvalue weighted by Crippen LogP contribution is 2.35. The van der Waals surface area contributed by atoms with Gasteiger partial charge in [0.2, 0.25) is 0 Å². The number of phenols is 1. The highest BCUT2D eigenvalue weighted by molar-refractivity contribution is 5.73. The number of hydrogen-bond donors (Lipinski definition) is 1. The van der Waals surface area contributed by atoms with Crippen LogP contribution in [0.5, 0.6) is 23.0 Å². The number of methoxy groups -OCH3 is 3. The Balaban J connectivity index is 1.93. The van der Waals surface area contributed by atoms with E-state index in [0.29, 0.717) is 45.8 Å². The molecule has 31 heavy (non-hydrogen) atoms. The molecule has 0 radical (unpaired) electrons. The zero-order valence-corrected chi connectivity index (χ0v) is 17.4. The fraction of sp³-hybridized carbons (Fsp3) is 0.125. The molecule has 7 heteroatoms. The standard InChI is InChI=1S/C24H21N3O4/c1-29-16-9-11-18(20(28)13-16)23-25-22(15-7-5-4-6-8-15)26-24(27-23)19-12-10-17(30-2)14-21(19)31-3/h4-14,28H,1-3H3. The number of ether oxygens (including phenoxy) is 3. The molecule has 0 amide bonds. The normalized spacial score (nSPS) is 10.5. The van der Waals surface area contributed by atoms with E-state index in [1.54, 1.807) is 39.5 Å². The Labute approximate surface area is 179 Å². The number of aromatic hydroxyl groups is 1. The second kappa shape index (κ2) is 8.71. The minimum Gasteiger partial charge on any atom is -0.507 e. The van der Waals surface area contributed by atoms with Crippen LogP contribution in [0.15, 0.2) is 66.7 Å². The first-order valence-corrected chi connectivity index (χ1v) is 9.54. The van der Waals surface area contributed by atoms with Crippen LogP contribution in [0.25, 0.3) is 34.2 Å². The molecule has 0 aliphatic carbocycles. The molecule has 0 saturated heterocycles. The molecule has 0 bridgehead atoms. The smallest absolute Gasteiger partial charge is 0.167 e. The zero-order chi connectivity index (χ0) is 21.8. The Bertz CT molecular complexity index is 1210. The Hall–Kier alpha value is -4.13. The van der Waals surface area contributed by atoms with Gasteiger partial charge >= 0.3 is 0 Å². The molecule has 0 saturated carbocycles. The van der Waals surface area contributed by atoms with Crippen molar-refractivity contribution in [2.45, 2.75) is 0 Å². The lowest BCUT2D eigenvalue weighted by atomic mass is 10.1. The summed E-state index contributed by atoms with van der Waals surface area (Å²) in [6.07, 6.45) is 0. The van der Waals surface area contributed by atoms with Gasteiger partial charge in [0, 0.05) is 17.7 Å². The van der Waals surface area contributed by atoms with E-state index < -0.39 is 0 Å². The largest absolute Gasteiger partial charge is 0.507 e. The minimum atomic E-state index is 0.0113. The van der Waals surface area contributed by atoms with Crippen molar-refractivity contribution >= 4 is 0 Å². The van der Waals surface area contributed by atoms with Gasteiger partial charge in [-0.2, -0.15) is 0 Å². The zero-order valence-electron chi connectivity index (χ0n) is 17.4. The number of phenolic OH excluding ortho intramolecular Hbond substituents is 1. The second-order valence-electron chi connectivity index (χ2n) is 6.62. The minimum absolute atomic E-state index is 0.0113. The van der Waals surface area contributed by atoms with Gasteiger partial charge in [-0.25, -0.2) is 15.0 Å². The highest BCUT2D eigenvalue weighted by atomic mass is 16.5. The molecular weight excluding hydrogens is 394 g/mol. The predicted octanol–water partition coefficient (Wildman–Crippen LogP) is 4.60. The quantitative estimate of drug-likeness (QED) is 0.492. The van der Waals surface area contributed by atoms with Crippen molar-refractivity contribution in [1.29, 1.82) is 0 Å². The Morgan fingerprint density at radius 3 is 1.81 bits per heavy atom. The monoisotopic (exact) mass is 415 g/mol. The van der Waals surface area contributed by atoms with Crippen LogP contribution in [0.1, 0.15) is 0 Å². The maximum absolute atomic E-state index is 10.5. The van der Waals surface area contributed by atoms with Crippen molar-refractivity contribution < 1.29 is 19.3 Å². The summed E-state index contributed by atoms with van der Waals surface area (Å²) in [6, 6.07) is 20.0. The third-order valence-corrected chi connectivity index (χ3v) is 4.76. The predicted molar refractivity (Wildman–Crippen MR) is 117 cm³/mol. The molecular formula is C24H21N3O4. The molecule has 1 heterocycles. The average molecular weight is 415 g/mol. The van der Waals surface area contributed by atoms with Crippen LogP contribution >= 0.6 is 0 Å². The SMILES string of the molecule is COc1ccc(-c2nc(-c3ccccc3)nc(-c3ccc(OC)cc3OC)n2)c(O)c1. The summed E-state index contributed by atoms with van der Waals surface area (Å²) in [7, 11) is 4.71. The molecule has 3 aromatic carbocycles. The summed E-state index contributed by atoms with van der Waals surface area (Å²) in [4.78, 5) is 13.9. The molecule has 0 aliphatic heterocycles. The van der Waals surface area contributed by atoms with Crippen LogP contribution in [0.4, 0.5) is 0 Å². The lowest BCUT2D eigenvalue weighted by Gasteiger charge is -2.12. The second-order valence-corrected chi connectivity index (χ2v) is 6.62. The summed E-state index contributed by atoms with van der Waals surface area (Å²) >= 11 is 0. The molecule has 4 rings (SSSR count). The van der Waals surface area contributed by atoms with Crippen LogP contribution in [0, 0.1) is 0 Å². The van der Waals surface area contributed by atoms with Gasteiger partial charge in [0.05, 0.1) is 32.5 Å². The summed E-state index contributed by atoms with van der Waals surface area (Å²) in [5, 5.41) is 10.5. The molecule has 0 aliphatic rings. The van der Waals surface area contributed by atoms with Crippen LogP contribution < -0.4 is 14.2 Å². The Kier molecular flexibility index (Phi) is 5.66. The number of rotatable bonds is 6. The summed E-state index contributed by atoms with van der Waals surface area (Å²) in [5.41, 5.74) is 1.97. The first-order chi connectivity index (χ1) is 15.1. The maximum atomic E-state index is 10.5. The first kappa shape index (κ1) is 20.2. The third-order valence-electron chi connectivity index (χ3n) is 4.76. The van der Waals surface area contributed by atoms with E-state index in [0.717, 1.165) is 5.56 Å². The summed E-state index contributed by atoms with van der Waals surface area (Å²) < 4.78 is 16.0. The van der Waals surface area contributed by atoms with E-state index in [1.165, 1.54) is 6.07 Å². The fourth-order valence-corrected chi connectivity index (χ4v) is 3.14. The average Bonchev–Trinajstić information content (AvgIpc) is 2.83. The fourth-order valence-electron chi connectivity index (χ4n) is 3.14. The molecule has 0 atom stereocenters. The number of nitrogens with zero attached hydrogens (tertiary/aromatic N) is 3. The maximum Gasteiger partial charge on any atom is 0.167 e. The van der Waals surface area contributed by atoms with Crippen molar-refractivity contribution in [1.82, 2.24) is 15.0 Å². The van der Waals surface area contributed by atoms with Crippen molar-refractivity contribution in [3.05, 3.63) is 66.7 Å². The highest BCUT2D eigenvalue weighted by Gasteiger charge is 2.17. The van der Waals surface area contributed by atoms with Gasteiger partial charge < -0.3 is 19.3 Å². The van der Waals surface area contributed by atoms with Gasteiger partial charge in [-0.15, -0.1) is 0 Å². The van der Waals surface area contributed by atoms with Gasteiger partial charge in [0.1, 0.15) is 23.0 Å². The number of aromatic nitrogens is 3. The number of benzene rings is 3. The van der Waals surface area contributed by atoms with Gasteiger partial charge in [0.25, 0.3) is 0 Å². The Morgan fingerprint density at radius 2 is 1.19 bits per heavy atom. The number of hydrogen-bond acceptors (Lipinski definition) is 7. The lowest BCUT2D eigenvalue weighted by molar-refractivity contribution is 0.395. The Morgan fingerprint density at radius 1 is 0.613 bits per heavy atom. The topological polar surface area (TPSA) is 86.6 Å². The first-order valence-electron chi connectivity index (χ1n) is 9.54. The van der Waals surface area contributed by atoms with Crippen molar-refractivity contribution in [2.75, 3.05) is 21.3 Å². The molecule has 0 spiro atoms. The van der Waals surface area contributed by atoms with Crippen LogP contribution in [0.3, 0.4) is 0 Å². The van der Waals surface area contributed by atoms with E-state index in [1.807, 2.05) is 42.5 Å². The molecule has 1 aromatic heterocycles. The van der Waals surface area contributed by atoms with Crippen LogP contribution in [-0.4, -0.2) is 41.4 Å². The molecule has 0 fully saturated rings. The van der Waals surface area contributed by atoms with Crippen molar-refractivity contribution in [3.63, 3.8) is 0 Å². The van der Waals surface area contributed by atoms with E-state index in [-0.39, 0.29) is 5.75 Å². The van der Waals surface area contributed by atoms with E-state index in [4.69, 9.17) is 14.2 Å². The summed E-state index contributed by atoms with van der Waals surface area (Å²) in [5.74, 6) is 3.00. The van der Waals surface area contributed by atoms with Crippen molar-refractivity contribution in [2.24, 2.45) is 0 Å². The van der Waals surface area contributed by atoms with E-state index in [2.05, 4.69) is 15.0 Å². The molecule has 1 N–H and O–H groups in total. The van der Waals surface area contributed by atoms with Crippen LogP contribution in [0.2, 0.25) is 0 Å². The van der Waals surface area contributed by atoms with E-state index >= 15 is 0 Å². The van der Waals surface area contributed by atoms with Crippen molar-refractivity contribution in [3.8, 4) is 57.2 Å². The van der Waals surface area contributed by atoms with Gasteiger partial charge in [-0.05, 0) is 24.3 Å².